The number of carbonyl (C=O) groups is 2. The molecule has 0 spiro atoms. The Morgan fingerprint density at radius 1 is 1.43 bits per heavy atom. The van der Waals surface area contributed by atoms with Crippen LogP contribution >= 0.6 is 0 Å². The van der Waals surface area contributed by atoms with Gasteiger partial charge in [-0.05, 0) is 6.92 Å². The second-order valence-electron chi connectivity index (χ2n) is 3.62. The molecule has 0 aromatic heterocycles. The predicted molar refractivity (Wildman–Crippen MR) is 50.9 cm³/mol. The minimum Gasteiger partial charge on any atom is -0.481 e. The molecule has 5 heteroatoms. The molecule has 1 N–H and O–H groups in total. The van der Waals surface area contributed by atoms with E-state index in [1.54, 1.807) is 4.90 Å². The molecule has 1 heterocycles. The summed E-state index contributed by atoms with van der Waals surface area (Å²) in [7, 11) is 0. The Kier molecular flexibility index (Phi) is 3.88. The maximum absolute atomic E-state index is 10.5. The molecule has 1 rings (SSSR count). The molecule has 80 valence electrons. The molecule has 14 heavy (non-hydrogen) atoms. The van der Waals surface area contributed by atoms with E-state index in [0.29, 0.717) is 13.1 Å². The third-order valence-corrected chi connectivity index (χ3v) is 2.59. The maximum atomic E-state index is 10.5. The fourth-order valence-electron chi connectivity index (χ4n) is 1.67. The van der Waals surface area contributed by atoms with Crippen LogP contribution in [0.15, 0.2) is 0 Å². The normalized spacial score (nSPS) is 20.5. The number of hydrogen-bond acceptors (Lipinski definition) is 3. The molecule has 1 atom stereocenters. The van der Waals surface area contributed by atoms with Crippen molar-refractivity contribution in [2.75, 3.05) is 26.2 Å². The number of amides is 1. The van der Waals surface area contributed by atoms with E-state index in [-0.39, 0.29) is 12.5 Å². The fourth-order valence-corrected chi connectivity index (χ4v) is 1.67. The summed E-state index contributed by atoms with van der Waals surface area (Å²) in [6.07, 6.45) is 1.01. The molecular formula is C9H16N2O3. The summed E-state index contributed by atoms with van der Waals surface area (Å²) in [5, 5.41) is 8.62. The van der Waals surface area contributed by atoms with Gasteiger partial charge < -0.3 is 10.0 Å². The van der Waals surface area contributed by atoms with Crippen molar-refractivity contribution in [1.29, 1.82) is 0 Å². The number of rotatable bonds is 4. The SMILES string of the molecule is CC(CC(=O)O)N1CCN(C=O)CC1. The van der Waals surface area contributed by atoms with Crippen molar-refractivity contribution < 1.29 is 14.7 Å². The zero-order valence-electron chi connectivity index (χ0n) is 8.35. The third-order valence-electron chi connectivity index (χ3n) is 2.59. The molecule has 1 amide bonds. The van der Waals surface area contributed by atoms with Crippen molar-refractivity contribution in [1.82, 2.24) is 9.80 Å². The van der Waals surface area contributed by atoms with Crippen molar-refractivity contribution in [3.05, 3.63) is 0 Å². The lowest BCUT2D eigenvalue weighted by atomic mass is 10.2. The molecule has 0 bridgehead atoms. The van der Waals surface area contributed by atoms with Gasteiger partial charge in [0.15, 0.2) is 0 Å². The van der Waals surface area contributed by atoms with Crippen LogP contribution in [-0.4, -0.2) is 59.5 Å². The average molecular weight is 200 g/mol. The van der Waals surface area contributed by atoms with Gasteiger partial charge in [0.2, 0.25) is 6.41 Å². The first-order valence-corrected chi connectivity index (χ1v) is 4.78. The highest BCUT2D eigenvalue weighted by molar-refractivity contribution is 5.67. The van der Waals surface area contributed by atoms with Crippen molar-refractivity contribution >= 4 is 12.4 Å². The van der Waals surface area contributed by atoms with Gasteiger partial charge in [0.05, 0.1) is 6.42 Å². The summed E-state index contributed by atoms with van der Waals surface area (Å²) in [6, 6.07) is 0.0568. The molecular weight excluding hydrogens is 184 g/mol. The van der Waals surface area contributed by atoms with Gasteiger partial charge >= 0.3 is 5.97 Å². The van der Waals surface area contributed by atoms with Crippen LogP contribution in [0.2, 0.25) is 0 Å². The van der Waals surface area contributed by atoms with Crippen LogP contribution in [0.1, 0.15) is 13.3 Å². The summed E-state index contributed by atoms with van der Waals surface area (Å²) in [6.45, 7) is 4.85. The van der Waals surface area contributed by atoms with E-state index in [9.17, 15) is 9.59 Å². The molecule has 1 aliphatic heterocycles. The Morgan fingerprint density at radius 3 is 2.43 bits per heavy atom. The largest absolute Gasteiger partial charge is 0.481 e. The van der Waals surface area contributed by atoms with E-state index < -0.39 is 5.97 Å². The summed E-state index contributed by atoms with van der Waals surface area (Å²) >= 11 is 0. The van der Waals surface area contributed by atoms with Crippen LogP contribution < -0.4 is 0 Å². The Hall–Kier alpha value is -1.10. The van der Waals surface area contributed by atoms with Gasteiger partial charge in [-0.3, -0.25) is 14.5 Å². The minimum absolute atomic E-state index is 0.0568. The Bertz CT molecular complexity index is 212. The maximum Gasteiger partial charge on any atom is 0.304 e. The number of nitrogens with zero attached hydrogens (tertiary/aromatic N) is 2. The van der Waals surface area contributed by atoms with Crippen LogP contribution in [0, 0.1) is 0 Å². The lowest BCUT2D eigenvalue weighted by Gasteiger charge is -2.35. The first-order valence-electron chi connectivity index (χ1n) is 4.78. The molecule has 0 aliphatic carbocycles. The molecule has 0 aromatic carbocycles. The van der Waals surface area contributed by atoms with Crippen LogP contribution in [-0.2, 0) is 9.59 Å². The molecule has 1 saturated heterocycles. The van der Waals surface area contributed by atoms with Crippen LogP contribution in [0.3, 0.4) is 0 Å². The van der Waals surface area contributed by atoms with E-state index in [4.69, 9.17) is 5.11 Å². The lowest BCUT2D eigenvalue weighted by Crippen LogP contribution is -2.49. The molecule has 5 nitrogen and oxygen atoms in total. The Balaban J connectivity index is 2.33. The van der Waals surface area contributed by atoms with E-state index >= 15 is 0 Å². The van der Waals surface area contributed by atoms with Gasteiger partial charge in [-0.2, -0.15) is 0 Å². The minimum atomic E-state index is -0.768. The van der Waals surface area contributed by atoms with Crippen LogP contribution in [0.25, 0.3) is 0 Å². The second-order valence-corrected chi connectivity index (χ2v) is 3.62. The molecule has 1 aliphatic rings. The monoisotopic (exact) mass is 200 g/mol. The Labute approximate surface area is 83.3 Å². The summed E-state index contributed by atoms with van der Waals surface area (Å²) in [4.78, 5) is 24.7. The molecule has 0 radical (unpaired) electrons. The number of carbonyl (C=O) groups excluding carboxylic acids is 1. The summed E-state index contributed by atoms with van der Waals surface area (Å²) in [5.41, 5.74) is 0. The number of piperazine rings is 1. The van der Waals surface area contributed by atoms with Crippen molar-refractivity contribution in [2.45, 2.75) is 19.4 Å². The lowest BCUT2D eigenvalue weighted by molar-refractivity contribution is -0.138. The smallest absolute Gasteiger partial charge is 0.304 e. The Morgan fingerprint density at radius 2 is 2.00 bits per heavy atom. The molecule has 1 fully saturated rings. The van der Waals surface area contributed by atoms with Gasteiger partial charge in [0.25, 0.3) is 0 Å². The van der Waals surface area contributed by atoms with Gasteiger partial charge in [-0.25, -0.2) is 0 Å². The van der Waals surface area contributed by atoms with Crippen molar-refractivity contribution in [2.24, 2.45) is 0 Å². The van der Waals surface area contributed by atoms with Crippen LogP contribution in [0.4, 0.5) is 0 Å². The standard InChI is InChI=1S/C9H16N2O3/c1-8(6-9(13)14)11-4-2-10(7-12)3-5-11/h7-8H,2-6H2,1H3,(H,13,14). The van der Waals surface area contributed by atoms with E-state index in [0.717, 1.165) is 19.5 Å². The number of carboxylic acids is 1. The third kappa shape index (κ3) is 2.99. The van der Waals surface area contributed by atoms with Gasteiger partial charge in [0.1, 0.15) is 0 Å². The topological polar surface area (TPSA) is 60.9 Å². The highest BCUT2D eigenvalue weighted by atomic mass is 16.4. The van der Waals surface area contributed by atoms with Crippen molar-refractivity contribution in [3.8, 4) is 0 Å². The zero-order chi connectivity index (χ0) is 10.6. The zero-order valence-corrected chi connectivity index (χ0v) is 8.35. The first kappa shape index (κ1) is 11.0. The molecule has 0 aromatic rings. The number of aliphatic carboxylic acids is 1. The number of hydrogen-bond donors (Lipinski definition) is 1. The van der Waals surface area contributed by atoms with Gasteiger partial charge in [-0.1, -0.05) is 0 Å². The molecule has 0 saturated carbocycles. The highest BCUT2D eigenvalue weighted by Gasteiger charge is 2.21. The van der Waals surface area contributed by atoms with E-state index in [1.807, 2.05) is 6.92 Å². The van der Waals surface area contributed by atoms with Crippen LogP contribution in [0.5, 0.6) is 0 Å². The summed E-state index contributed by atoms with van der Waals surface area (Å²) < 4.78 is 0. The van der Waals surface area contributed by atoms with E-state index in [2.05, 4.69) is 4.90 Å². The van der Waals surface area contributed by atoms with E-state index in [1.165, 1.54) is 0 Å². The average Bonchev–Trinajstić information content (AvgIpc) is 2.17. The number of carboxylic acid groups (broad SMARTS) is 1. The first-order chi connectivity index (χ1) is 6.63. The summed E-state index contributed by atoms with van der Waals surface area (Å²) in [5.74, 6) is -0.768. The highest BCUT2D eigenvalue weighted by Crippen LogP contribution is 2.07. The predicted octanol–water partition coefficient (Wildman–Crippen LogP) is -0.376. The van der Waals surface area contributed by atoms with Gasteiger partial charge in [0, 0.05) is 32.2 Å². The quantitative estimate of drug-likeness (QED) is 0.629. The fraction of sp³-hybridized carbons (Fsp3) is 0.778. The molecule has 1 unspecified atom stereocenters. The second kappa shape index (κ2) is 4.95. The van der Waals surface area contributed by atoms with Gasteiger partial charge in [-0.15, -0.1) is 0 Å². The van der Waals surface area contributed by atoms with Crippen molar-refractivity contribution in [3.63, 3.8) is 0 Å².